The molecule has 0 aliphatic carbocycles. The average Bonchev–Trinajstić information content (AvgIpc) is 3.53. The molecule has 0 fully saturated rings. The van der Waals surface area contributed by atoms with Crippen LogP contribution in [-0.4, -0.2) is 46.2 Å². The maximum Gasteiger partial charge on any atom is 0.337 e. The minimum absolute atomic E-state index is 0.102. The smallest absolute Gasteiger partial charge is 0.337 e. The molecular weight excluding hydrogens is 604 g/mol. The number of methoxy groups -OCH3 is 1. The third kappa shape index (κ3) is 7.33. The lowest BCUT2D eigenvalue weighted by Crippen LogP contribution is -2.16. The number of nitrogens with zero attached hydrogens (tertiary/aromatic N) is 2. The van der Waals surface area contributed by atoms with E-state index in [0.717, 1.165) is 22.3 Å². The van der Waals surface area contributed by atoms with Crippen LogP contribution in [0.15, 0.2) is 91.0 Å². The SMILES string of the molecule is COC(=O)c1ccc(-c2nnc(NC(=O)c3ccc(-c4ccc(C(=O)Nc5cccc(C(C)C)c5CC(=O)O)cc4)cc3)s2)cc1. The monoisotopic (exact) mass is 634 g/mol. The highest BCUT2D eigenvalue weighted by atomic mass is 32.1. The van der Waals surface area contributed by atoms with E-state index < -0.39 is 11.9 Å². The fraction of sp³-hybridized carbons (Fsp3) is 0.143. The zero-order valence-corrected chi connectivity index (χ0v) is 26.1. The summed E-state index contributed by atoms with van der Waals surface area (Å²) in [5, 5.41) is 24.2. The number of nitrogens with one attached hydrogen (secondary N) is 2. The van der Waals surface area contributed by atoms with E-state index in [-0.39, 0.29) is 24.2 Å². The van der Waals surface area contributed by atoms with Crippen LogP contribution in [0.4, 0.5) is 10.8 Å². The number of rotatable bonds is 10. The first kappa shape index (κ1) is 31.7. The lowest BCUT2D eigenvalue weighted by molar-refractivity contribution is -0.136. The molecule has 2 amide bonds. The van der Waals surface area contributed by atoms with Crippen LogP contribution >= 0.6 is 11.3 Å². The van der Waals surface area contributed by atoms with E-state index in [1.54, 1.807) is 54.6 Å². The van der Waals surface area contributed by atoms with E-state index in [1.165, 1.54) is 18.4 Å². The van der Waals surface area contributed by atoms with Gasteiger partial charge in [-0.2, -0.15) is 0 Å². The third-order valence-electron chi connectivity index (χ3n) is 7.24. The molecule has 1 heterocycles. The van der Waals surface area contributed by atoms with Gasteiger partial charge in [0.1, 0.15) is 5.01 Å². The van der Waals surface area contributed by atoms with E-state index in [9.17, 15) is 24.3 Å². The topological polar surface area (TPSA) is 148 Å². The molecule has 3 N–H and O–H groups in total. The van der Waals surface area contributed by atoms with Crippen LogP contribution in [0.3, 0.4) is 0 Å². The van der Waals surface area contributed by atoms with Gasteiger partial charge in [-0.25, -0.2) is 4.79 Å². The number of amides is 2. The number of carboxylic acid groups (broad SMARTS) is 1. The van der Waals surface area contributed by atoms with Crippen molar-refractivity contribution in [2.75, 3.05) is 17.7 Å². The van der Waals surface area contributed by atoms with Crippen molar-refractivity contribution in [2.45, 2.75) is 26.2 Å². The van der Waals surface area contributed by atoms with Crippen molar-refractivity contribution >= 4 is 45.9 Å². The summed E-state index contributed by atoms with van der Waals surface area (Å²) in [6.45, 7) is 3.96. The van der Waals surface area contributed by atoms with E-state index >= 15 is 0 Å². The molecule has 0 saturated carbocycles. The van der Waals surface area contributed by atoms with Gasteiger partial charge >= 0.3 is 11.9 Å². The molecule has 5 aromatic rings. The summed E-state index contributed by atoms with van der Waals surface area (Å²) in [5.41, 5.74) is 5.69. The lowest BCUT2D eigenvalue weighted by atomic mass is 9.93. The predicted molar refractivity (Wildman–Crippen MR) is 176 cm³/mol. The van der Waals surface area contributed by atoms with Crippen molar-refractivity contribution in [1.82, 2.24) is 10.2 Å². The Balaban J connectivity index is 1.22. The molecule has 0 unspecified atom stereocenters. The Morgan fingerprint density at radius 2 is 1.28 bits per heavy atom. The van der Waals surface area contributed by atoms with Gasteiger partial charge in [0.15, 0.2) is 0 Å². The summed E-state index contributed by atoms with van der Waals surface area (Å²) < 4.78 is 4.72. The van der Waals surface area contributed by atoms with Gasteiger partial charge in [0.05, 0.1) is 19.1 Å². The van der Waals surface area contributed by atoms with Crippen molar-refractivity contribution in [3.63, 3.8) is 0 Å². The summed E-state index contributed by atoms with van der Waals surface area (Å²) >= 11 is 1.21. The zero-order chi connectivity index (χ0) is 32.8. The number of anilines is 2. The zero-order valence-electron chi connectivity index (χ0n) is 25.2. The predicted octanol–water partition coefficient (Wildman–Crippen LogP) is 6.91. The van der Waals surface area contributed by atoms with Crippen LogP contribution in [0.1, 0.15) is 62.0 Å². The fourth-order valence-electron chi connectivity index (χ4n) is 4.86. The quantitative estimate of drug-likeness (QED) is 0.140. The summed E-state index contributed by atoms with van der Waals surface area (Å²) in [6, 6.07) is 26.2. The van der Waals surface area contributed by atoms with Gasteiger partial charge in [-0.15, -0.1) is 10.2 Å². The van der Waals surface area contributed by atoms with Gasteiger partial charge in [-0.1, -0.05) is 73.7 Å². The maximum absolute atomic E-state index is 13.1. The van der Waals surface area contributed by atoms with Crippen molar-refractivity contribution < 1.29 is 29.0 Å². The van der Waals surface area contributed by atoms with Crippen LogP contribution in [0.25, 0.3) is 21.7 Å². The minimum atomic E-state index is -0.966. The first-order valence-corrected chi connectivity index (χ1v) is 15.1. The van der Waals surface area contributed by atoms with E-state index in [1.807, 2.05) is 50.2 Å². The molecule has 0 bridgehead atoms. The number of carboxylic acids is 1. The molecule has 0 atom stereocenters. The number of esters is 1. The molecule has 0 radical (unpaired) electrons. The minimum Gasteiger partial charge on any atom is -0.481 e. The van der Waals surface area contributed by atoms with E-state index in [2.05, 4.69) is 20.8 Å². The fourth-order valence-corrected chi connectivity index (χ4v) is 5.60. The molecule has 0 aliphatic rings. The number of carbonyl (C=O) groups excluding carboxylic acids is 3. The maximum atomic E-state index is 13.1. The van der Waals surface area contributed by atoms with Crippen molar-refractivity contribution in [2.24, 2.45) is 0 Å². The van der Waals surface area contributed by atoms with Crippen LogP contribution in [0.2, 0.25) is 0 Å². The number of hydrogen-bond donors (Lipinski definition) is 3. The Labute approximate surface area is 269 Å². The van der Waals surface area contributed by atoms with Gasteiger partial charge < -0.3 is 15.2 Å². The van der Waals surface area contributed by atoms with Gasteiger partial charge in [0, 0.05) is 22.4 Å². The van der Waals surface area contributed by atoms with Gasteiger partial charge in [0.2, 0.25) is 5.13 Å². The molecule has 4 aromatic carbocycles. The summed E-state index contributed by atoms with van der Waals surface area (Å²) in [6.07, 6.45) is -0.188. The Bertz CT molecular complexity index is 1900. The molecule has 0 saturated heterocycles. The standard InChI is InChI=1S/C35H30N4O6S/c1-20(2)27-5-4-6-29(28(27)19-30(40)41)36-31(42)23-11-7-21(8-12-23)22-9-13-24(14-10-22)32(43)37-35-39-38-33(46-35)25-15-17-26(18-16-25)34(44)45-3/h4-18,20H,19H2,1-3H3,(H,36,42)(H,40,41)(H,37,39,43). The summed E-state index contributed by atoms with van der Waals surface area (Å²) in [7, 11) is 1.32. The molecule has 11 heteroatoms. The number of hydrogen-bond acceptors (Lipinski definition) is 8. The molecule has 232 valence electrons. The first-order valence-electron chi connectivity index (χ1n) is 14.3. The Kier molecular flexibility index (Phi) is 9.63. The van der Waals surface area contributed by atoms with Gasteiger partial charge in [-0.3, -0.25) is 19.7 Å². The second-order valence-corrected chi connectivity index (χ2v) is 11.6. The molecule has 0 spiro atoms. The van der Waals surface area contributed by atoms with Crippen LogP contribution in [0, 0.1) is 0 Å². The lowest BCUT2D eigenvalue weighted by Gasteiger charge is -2.17. The average molecular weight is 635 g/mol. The number of aliphatic carboxylic acids is 1. The highest BCUT2D eigenvalue weighted by Crippen LogP contribution is 2.29. The molecule has 10 nitrogen and oxygen atoms in total. The van der Waals surface area contributed by atoms with Gasteiger partial charge in [-0.05, 0) is 70.6 Å². The van der Waals surface area contributed by atoms with Crippen molar-refractivity contribution in [3.8, 4) is 21.7 Å². The molecule has 5 rings (SSSR count). The summed E-state index contributed by atoms with van der Waals surface area (Å²) in [4.78, 5) is 49.1. The van der Waals surface area contributed by atoms with Crippen LogP contribution in [-0.2, 0) is 16.0 Å². The number of ether oxygens (including phenoxy) is 1. The van der Waals surface area contributed by atoms with Gasteiger partial charge in [0.25, 0.3) is 11.8 Å². The number of carbonyl (C=O) groups is 4. The second kappa shape index (κ2) is 14.0. The van der Waals surface area contributed by atoms with Crippen molar-refractivity contribution in [3.05, 3.63) is 119 Å². The highest BCUT2D eigenvalue weighted by Gasteiger charge is 2.17. The largest absolute Gasteiger partial charge is 0.481 e. The number of aromatic nitrogens is 2. The van der Waals surface area contributed by atoms with Crippen LogP contribution < -0.4 is 10.6 Å². The number of benzene rings is 4. The first-order chi connectivity index (χ1) is 22.1. The molecular formula is C35H30N4O6S. The van der Waals surface area contributed by atoms with Crippen LogP contribution in [0.5, 0.6) is 0 Å². The second-order valence-electron chi connectivity index (χ2n) is 10.6. The molecule has 1 aromatic heterocycles. The Hall–Kier alpha value is -5.68. The molecule has 0 aliphatic heterocycles. The Morgan fingerprint density at radius 3 is 1.83 bits per heavy atom. The van der Waals surface area contributed by atoms with E-state index in [0.29, 0.717) is 38.1 Å². The Morgan fingerprint density at radius 1 is 0.739 bits per heavy atom. The normalized spacial score (nSPS) is 10.8. The summed E-state index contributed by atoms with van der Waals surface area (Å²) in [5.74, 6) is -1.98. The third-order valence-corrected chi connectivity index (χ3v) is 8.12. The highest BCUT2D eigenvalue weighted by molar-refractivity contribution is 7.18. The van der Waals surface area contributed by atoms with E-state index in [4.69, 9.17) is 4.74 Å². The molecule has 46 heavy (non-hydrogen) atoms. The van der Waals surface area contributed by atoms with Crippen molar-refractivity contribution in [1.29, 1.82) is 0 Å².